The van der Waals surface area contributed by atoms with Gasteiger partial charge in [0, 0.05) is 48.1 Å². The van der Waals surface area contributed by atoms with Gasteiger partial charge in [0.1, 0.15) is 5.65 Å². The Balaban J connectivity index is 1.21. The number of benzene rings is 8. The van der Waals surface area contributed by atoms with Gasteiger partial charge in [-0.2, -0.15) is 0 Å². The molecule has 0 unspecified atom stereocenters. The van der Waals surface area contributed by atoms with Gasteiger partial charge in [-0.05, 0) is 88.3 Å². The molecule has 3 aromatic heterocycles. The second kappa shape index (κ2) is 9.69. The summed E-state index contributed by atoms with van der Waals surface area (Å²) < 4.78 is 7.47. The number of hydrogen-bond donors (Lipinski definition) is 0. The molecule has 0 radical (unpaired) electrons. The molecular formula is C46H27N3S. The quantitative estimate of drug-likeness (QED) is 0.181. The summed E-state index contributed by atoms with van der Waals surface area (Å²) in [6.07, 6.45) is 0. The highest BCUT2D eigenvalue weighted by molar-refractivity contribution is 7.99. The van der Waals surface area contributed by atoms with Gasteiger partial charge in [0.05, 0.1) is 27.8 Å². The van der Waals surface area contributed by atoms with Crippen molar-refractivity contribution in [3.63, 3.8) is 0 Å². The second-order valence-corrected chi connectivity index (χ2v) is 14.5. The van der Waals surface area contributed by atoms with Crippen LogP contribution in [0.3, 0.4) is 0 Å². The van der Waals surface area contributed by atoms with Crippen molar-refractivity contribution in [3.05, 3.63) is 164 Å². The third-order valence-corrected chi connectivity index (χ3v) is 11.8. The predicted octanol–water partition coefficient (Wildman–Crippen LogP) is 12.6. The van der Waals surface area contributed by atoms with E-state index in [0.29, 0.717) is 0 Å². The van der Waals surface area contributed by atoms with Crippen molar-refractivity contribution in [2.45, 2.75) is 9.79 Å². The van der Waals surface area contributed by atoms with Gasteiger partial charge in [-0.1, -0.05) is 109 Å². The average molecular weight is 654 g/mol. The highest BCUT2D eigenvalue weighted by atomic mass is 32.2. The Kier molecular flexibility index (Phi) is 5.17. The lowest BCUT2D eigenvalue weighted by molar-refractivity contribution is 1.02. The highest BCUT2D eigenvalue weighted by Gasteiger charge is 2.27. The van der Waals surface area contributed by atoms with Gasteiger partial charge in [0.25, 0.3) is 0 Å². The van der Waals surface area contributed by atoms with Crippen molar-refractivity contribution in [3.8, 4) is 17.1 Å². The molecule has 1 aliphatic heterocycles. The van der Waals surface area contributed by atoms with Crippen molar-refractivity contribution in [2.75, 3.05) is 0 Å². The molecule has 0 aliphatic carbocycles. The first-order valence-electron chi connectivity index (χ1n) is 17.1. The summed E-state index contributed by atoms with van der Waals surface area (Å²) in [4.78, 5) is 2.58. The normalized spacial score (nSPS) is 12.7. The van der Waals surface area contributed by atoms with E-state index in [9.17, 15) is 0 Å². The Morgan fingerprint density at radius 2 is 0.920 bits per heavy atom. The van der Waals surface area contributed by atoms with Crippen LogP contribution in [-0.4, -0.2) is 13.7 Å². The van der Waals surface area contributed by atoms with Crippen LogP contribution in [0.25, 0.3) is 93.3 Å². The first-order chi connectivity index (χ1) is 24.8. The van der Waals surface area contributed by atoms with Gasteiger partial charge >= 0.3 is 0 Å². The number of fused-ring (bicyclic) bond motifs is 12. The summed E-state index contributed by atoms with van der Waals surface area (Å²) in [5.74, 6) is 0. The molecule has 12 rings (SSSR count). The molecular weight excluding hydrogens is 627 g/mol. The highest BCUT2D eigenvalue weighted by Crippen LogP contribution is 2.49. The molecule has 0 bridgehead atoms. The van der Waals surface area contributed by atoms with Gasteiger partial charge in [0.2, 0.25) is 0 Å². The van der Waals surface area contributed by atoms with Gasteiger partial charge in [0.15, 0.2) is 0 Å². The molecule has 8 aromatic carbocycles. The lowest BCUT2D eigenvalue weighted by Crippen LogP contribution is -2.06. The number of nitrogens with zero attached hydrogens (tertiary/aromatic N) is 3. The molecule has 3 nitrogen and oxygen atoms in total. The maximum absolute atomic E-state index is 2.51. The van der Waals surface area contributed by atoms with E-state index in [-0.39, 0.29) is 0 Å². The molecule has 0 fully saturated rings. The standard InChI is InChI=1S/C46H27N3S/c1-3-13-30-25-40-36(23-28(30)11-1)37-24-29-12-2-4-14-31(29)26-41(37)47(40)32-15-9-16-33(27-32)48-38-19-6-5-17-34(38)44-35-18-10-22-43-45(35)49(46(44)48)39-20-7-8-21-42(39)50-43/h1-27H. The molecule has 0 saturated heterocycles. The van der Waals surface area contributed by atoms with Crippen LogP contribution in [0.15, 0.2) is 174 Å². The number of aromatic nitrogens is 3. The van der Waals surface area contributed by atoms with Crippen molar-refractivity contribution >= 4 is 88.0 Å². The Morgan fingerprint density at radius 3 is 1.66 bits per heavy atom. The summed E-state index contributed by atoms with van der Waals surface area (Å²) >= 11 is 1.87. The van der Waals surface area contributed by atoms with Crippen LogP contribution in [0.1, 0.15) is 0 Å². The smallest absolute Gasteiger partial charge is 0.131 e. The lowest BCUT2D eigenvalue weighted by Gasteiger charge is -2.21. The minimum absolute atomic E-state index is 1.14. The van der Waals surface area contributed by atoms with Crippen LogP contribution in [0, 0.1) is 0 Å². The van der Waals surface area contributed by atoms with E-state index < -0.39 is 0 Å². The van der Waals surface area contributed by atoms with E-state index >= 15 is 0 Å². The third-order valence-electron chi connectivity index (χ3n) is 10.7. The maximum Gasteiger partial charge on any atom is 0.131 e. The Labute approximate surface area is 291 Å². The average Bonchev–Trinajstić information content (AvgIpc) is 3.79. The van der Waals surface area contributed by atoms with Crippen LogP contribution >= 0.6 is 11.8 Å². The summed E-state index contributed by atoms with van der Waals surface area (Å²) in [5.41, 5.74) is 9.65. The topological polar surface area (TPSA) is 14.8 Å². The first kappa shape index (κ1) is 26.7. The maximum atomic E-state index is 2.51. The molecule has 0 N–H and O–H groups in total. The summed E-state index contributed by atoms with van der Waals surface area (Å²) in [6.45, 7) is 0. The van der Waals surface area contributed by atoms with E-state index in [1.54, 1.807) is 0 Å². The number of para-hydroxylation sites is 3. The summed E-state index contributed by atoms with van der Waals surface area (Å²) in [7, 11) is 0. The molecule has 0 amide bonds. The van der Waals surface area contributed by atoms with Crippen LogP contribution in [0.2, 0.25) is 0 Å². The Hall–Kier alpha value is -6.23. The van der Waals surface area contributed by atoms with Crippen LogP contribution < -0.4 is 0 Å². The zero-order valence-electron chi connectivity index (χ0n) is 26.8. The molecule has 0 atom stereocenters. The lowest BCUT2D eigenvalue weighted by atomic mass is 10.0. The van der Waals surface area contributed by atoms with Gasteiger partial charge in [-0.15, -0.1) is 0 Å². The van der Waals surface area contributed by atoms with E-state index in [4.69, 9.17) is 0 Å². The number of hydrogen-bond acceptors (Lipinski definition) is 1. The molecule has 4 heteroatoms. The Morgan fingerprint density at radius 1 is 0.360 bits per heavy atom. The molecule has 232 valence electrons. The second-order valence-electron chi connectivity index (χ2n) is 13.4. The van der Waals surface area contributed by atoms with Crippen molar-refractivity contribution in [1.82, 2.24) is 13.7 Å². The first-order valence-corrected chi connectivity index (χ1v) is 17.9. The van der Waals surface area contributed by atoms with Crippen LogP contribution in [0.5, 0.6) is 0 Å². The Bertz CT molecular complexity index is 3150. The minimum Gasteiger partial charge on any atom is -0.309 e. The predicted molar refractivity (Wildman–Crippen MR) is 211 cm³/mol. The monoisotopic (exact) mass is 653 g/mol. The van der Waals surface area contributed by atoms with E-state index in [1.807, 2.05) is 11.8 Å². The molecule has 0 spiro atoms. The molecule has 0 saturated carbocycles. The summed E-state index contributed by atoms with van der Waals surface area (Å²) in [6, 6.07) is 60.5. The molecule has 1 aliphatic rings. The zero-order chi connectivity index (χ0) is 32.5. The van der Waals surface area contributed by atoms with E-state index in [2.05, 4.69) is 177 Å². The van der Waals surface area contributed by atoms with E-state index in [0.717, 1.165) is 11.4 Å². The van der Waals surface area contributed by atoms with Crippen molar-refractivity contribution < 1.29 is 0 Å². The van der Waals surface area contributed by atoms with Crippen molar-refractivity contribution in [2.24, 2.45) is 0 Å². The largest absolute Gasteiger partial charge is 0.309 e. The van der Waals surface area contributed by atoms with Gasteiger partial charge in [-0.3, -0.25) is 9.13 Å². The fourth-order valence-corrected chi connectivity index (χ4v) is 9.72. The summed E-state index contributed by atoms with van der Waals surface area (Å²) in [5, 5.41) is 11.4. The number of rotatable bonds is 2. The molecule has 4 heterocycles. The molecule has 50 heavy (non-hydrogen) atoms. The SMILES string of the molecule is c1cc(-n2c3cc4ccccc4cc3c3cc4ccccc4cc32)cc(-n2c3ccccc3c3c4cccc5c4n(c32)-c2ccccc2S5)c1. The third kappa shape index (κ3) is 3.45. The molecule has 11 aromatic rings. The fraction of sp³-hybridized carbons (Fsp3) is 0. The zero-order valence-corrected chi connectivity index (χ0v) is 27.7. The fourth-order valence-electron chi connectivity index (χ4n) is 8.63. The van der Waals surface area contributed by atoms with Crippen LogP contribution in [-0.2, 0) is 0 Å². The minimum atomic E-state index is 1.14. The van der Waals surface area contributed by atoms with Gasteiger partial charge < -0.3 is 4.57 Å². The van der Waals surface area contributed by atoms with Crippen LogP contribution in [0.4, 0.5) is 0 Å². The van der Waals surface area contributed by atoms with Crippen molar-refractivity contribution in [1.29, 1.82) is 0 Å². The van der Waals surface area contributed by atoms with E-state index in [1.165, 1.54) is 91.7 Å². The van der Waals surface area contributed by atoms with Gasteiger partial charge in [-0.25, -0.2) is 0 Å².